The van der Waals surface area contributed by atoms with Gasteiger partial charge in [-0.3, -0.25) is 9.88 Å². The lowest BCUT2D eigenvalue weighted by Gasteiger charge is -2.26. The average molecular weight is 249 g/mol. The van der Waals surface area contributed by atoms with Gasteiger partial charge in [0.15, 0.2) is 5.82 Å². The fourth-order valence-corrected chi connectivity index (χ4v) is 2.74. The molecule has 2 N–H and O–H groups in total. The van der Waals surface area contributed by atoms with E-state index in [4.69, 9.17) is 5.73 Å². The Morgan fingerprint density at radius 2 is 2.06 bits per heavy atom. The number of rotatable bonds is 5. The lowest BCUT2D eigenvalue weighted by Crippen LogP contribution is -2.37. The summed E-state index contributed by atoms with van der Waals surface area (Å²) in [5, 5.41) is 0. The van der Waals surface area contributed by atoms with Crippen LogP contribution in [0, 0.1) is 0 Å². The third-order valence-corrected chi connectivity index (χ3v) is 3.74. The molecule has 18 heavy (non-hydrogen) atoms. The van der Waals surface area contributed by atoms with Crippen molar-refractivity contribution in [2.24, 2.45) is 5.73 Å². The molecule has 1 aliphatic rings. The summed E-state index contributed by atoms with van der Waals surface area (Å²) < 4.78 is 0. The molecule has 5 nitrogen and oxygen atoms in total. The number of anilines is 1. The van der Waals surface area contributed by atoms with Crippen molar-refractivity contribution in [3.05, 3.63) is 18.1 Å². The lowest BCUT2D eigenvalue weighted by molar-refractivity contribution is 0.232. The molecule has 100 valence electrons. The van der Waals surface area contributed by atoms with Gasteiger partial charge in [0.1, 0.15) is 0 Å². The summed E-state index contributed by atoms with van der Waals surface area (Å²) in [4.78, 5) is 13.6. The van der Waals surface area contributed by atoms with Gasteiger partial charge in [0, 0.05) is 38.1 Å². The van der Waals surface area contributed by atoms with Crippen molar-refractivity contribution in [1.29, 1.82) is 0 Å². The highest BCUT2D eigenvalue weighted by atomic mass is 15.3. The fraction of sp³-hybridized carbons (Fsp3) is 0.692. The van der Waals surface area contributed by atoms with Crippen LogP contribution in [0.3, 0.4) is 0 Å². The summed E-state index contributed by atoms with van der Waals surface area (Å²) in [6, 6.07) is 0.632. The predicted molar refractivity (Wildman–Crippen MR) is 73.5 cm³/mol. The predicted octanol–water partition coefficient (Wildman–Crippen LogP) is 0.856. The Hall–Kier alpha value is -1.20. The molecule has 1 aliphatic heterocycles. The molecule has 0 amide bonds. The Kier molecular flexibility index (Phi) is 4.49. The molecule has 1 saturated heterocycles. The van der Waals surface area contributed by atoms with E-state index in [1.807, 2.05) is 0 Å². The van der Waals surface area contributed by atoms with E-state index in [9.17, 15) is 0 Å². The van der Waals surface area contributed by atoms with E-state index in [0.717, 1.165) is 37.7 Å². The zero-order valence-electron chi connectivity index (χ0n) is 11.3. The van der Waals surface area contributed by atoms with Gasteiger partial charge in [-0.15, -0.1) is 0 Å². The third-order valence-electron chi connectivity index (χ3n) is 3.74. The largest absolute Gasteiger partial charge is 0.353 e. The van der Waals surface area contributed by atoms with Crippen molar-refractivity contribution in [1.82, 2.24) is 14.9 Å². The van der Waals surface area contributed by atoms with Crippen LogP contribution in [0.4, 0.5) is 5.82 Å². The van der Waals surface area contributed by atoms with Crippen LogP contribution >= 0.6 is 0 Å². The second kappa shape index (κ2) is 6.11. The van der Waals surface area contributed by atoms with Crippen LogP contribution in [0.2, 0.25) is 0 Å². The highest BCUT2D eigenvalue weighted by molar-refractivity contribution is 5.44. The summed E-state index contributed by atoms with van der Waals surface area (Å²) in [7, 11) is 0. The van der Waals surface area contributed by atoms with Gasteiger partial charge in [-0.2, -0.15) is 0 Å². The minimum Gasteiger partial charge on any atom is -0.353 e. The Balaban J connectivity index is 2.08. The van der Waals surface area contributed by atoms with Crippen LogP contribution in [0.5, 0.6) is 0 Å². The smallest absolute Gasteiger partial charge is 0.151 e. The van der Waals surface area contributed by atoms with Gasteiger partial charge in [-0.25, -0.2) is 4.98 Å². The molecule has 0 spiro atoms. The van der Waals surface area contributed by atoms with Gasteiger partial charge in [-0.05, 0) is 19.5 Å². The SMILES string of the molecule is CCN(CC)C1CCN(c2nccnc2CN)C1. The molecule has 0 radical (unpaired) electrons. The van der Waals surface area contributed by atoms with Gasteiger partial charge in [-0.1, -0.05) is 13.8 Å². The minimum atomic E-state index is 0.454. The lowest BCUT2D eigenvalue weighted by atomic mass is 10.2. The summed E-state index contributed by atoms with van der Waals surface area (Å²) in [6.07, 6.45) is 4.66. The Morgan fingerprint density at radius 1 is 1.33 bits per heavy atom. The topological polar surface area (TPSA) is 58.3 Å². The molecule has 0 saturated carbocycles. The first-order valence-electron chi connectivity index (χ1n) is 6.79. The third kappa shape index (κ3) is 2.62. The van der Waals surface area contributed by atoms with E-state index >= 15 is 0 Å². The molecule has 1 atom stereocenters. The number of hydrogen-bond acceptors (Lipinski definition) is 5. The summed E-state index contributed by atoms with van der Waals surface area (Å²) in [6.45, 7) is 9.20. The minimum absolute atomic E-state index is 0.454. The van der Waals surface area contributed by atoms with Crippen molar-refractivity contribution in [2.45, 2.75) is 32.9 Å². The number of hydrogen-bond donors (Lipinski definition) is 1. The van der Waals surface area contributed by atoms with Gasteiger partial charge in [0.25, 0.3) is 0 Å². The van der Waals surface area contributed by atoms with Crippen LogP contribution < -0.4 is 10.6 Å². The molecule has 2 rings (SSSR count). The summed E-state index contributed by atoms with van der Waals surface area (Å²) in [5.74, 6) is 0.967. The number of likely N-dealkylation sites (N-methyl/N-ethyl adjacent to an activating group) is 1. The van der Waals surface area contributed by atoms with E-state index < -0.39 is 0 Å². The molecular weight excluding hydrogens is 226 g/mol. The van der Waals surface area contributed by atoms with Crippen molar-refractivity contribution in [3.63, 3.8) is 0 Å². The van der Waals surface area contributed by atoms with Gasteiger partial charge >= 0.3 is 0 Å². The highest BCUT2D eigenvalue weighted by Gasteiger charge is 2.28. The number of nitrogens with two attached hydrogens (primary N) is 1. The maximum absolute atomic E-state index is 5.73. The van der Waals surface area contributed by atoms with Crippen molar-refractivity contribution in [3.8, 4) is 0 Å². The second-order valence-corrected chi connectivity index (χ2v) is 4.64. The van der Waals surface area contributed by atoms with Crippen LogP contribution in [0.1, 0.15) is 26.0 Å². The number of nitrogens with zero attached hydrogens (tertiary/aromatic N) is 4. The molecule has 0 bridgehead atoms. The molecule has 0 aliphatic carbocycles. The second-order valence-electron chi connectivity index (χ2n) is 4.64. The van der Waals surface area contributed by atoms with Crippen LogP contribution in [-0.4, -0.2) is 47.1 Å². The van der Waals surface area contributed by atoms with E-state index in [1.54, 1.807) is 12.4 Å². The normalized spacial score (nSPS) is 19.8. The van der Waals surface area contributed by atoms with E-state index in [-0.39, 0.29) is 0 Å². The molecule has 1 fully saturated rings. The standard InChI is InChI=1S/C13H23N5/c1-3-17(4-2)11-5-8-18(10-11)13-12(9-14)15-6-7-16-13/h6-7,11H,3-5,8-10,14H2,1-2H3. The van der Waals surface area contributed by atoms with E-state index in [1.165, 1.54) is 6.42 Å². The van der Waals surface area contributed by atoms with E-state index in [2.05, 4.69) is 33.6 Å². The monoisotopic (exact) mass is 249 g/mol. The first kappa shape index (κ1) is 13.2. The van der Waals surface area contributed by atoms with Crippen LogP contribution in [-0.2, 0) is 6.54 Å². The van der Waals surface area contributed by atoms with Crippen molar-refractivity contribution >= 4 is 5.82 Å². The molecule has 0 aromatic carbocycles. The molecule has 1 aromatic heterocycles. The Morgan fingerprint density at radius 3 is 2.72 bits per heavy atom. The van der Waals surface area contributed by atoms with Crippen LogP contribution in [0.25, 0.3) is 0 Å². The Labute approximate surface area is 109 Å². The summed E-state index contributed by atoms with van der Waals surface area (Å²) >= 11 is 0. The van der Waals surface area contributed by atoms with Crippen molar-refractivity contribution in [2.75, 3.05) is 31.1 Å². The van der Waals surface area contributed by atoms with E-state index in [0.29, 0.717) is 12.6 Å². The van der Waals surface area contributed by atoms with Gasteiger partial charge < -0.3 is 10.6 Å². The fourth-order valence-electron chi connectivity index (χ4n) is 2.74. The zero-order valence-corrected chi connectivity index (χ0v) is 11.3. The number of aromatic nitrogens is 2. The molecule has 1 aromatic rings. The maximum Gasteiger partial charge on any atom is 0.151 e. The Bertz CT molecular complexity index is 377. The van der Waals surface area contributed by atoms with Gasteiger partial charge in [0.2, 0.25) is 0 Å². The summed E-state index contributed by atoms with van der Waals surface area (Å²) in [5.41, 5.74) is 6.63. The molecule has 1 unspecified atom stereocenters. The maximum atomic E-state index is 5.73. The average Bonchev–Trinajstić information content (AvgIpc) is 2.89. The highest BCUT2D eigenvalue weighted by Crippen LogP contribution is 2.22. The first-order chi connectivity index (χ1) is 8.80. The molecule has 5 heteroatoms. The van der Waals surface area contributed by atoms with Crippen LogP contribution in [0.15, 0.2) is 12.4 Å². The first-order valence-corrected chi connectivity index (χ1v) is 6.79. The zero-order chi connectivity index (χ0) is 13.0. The molecule has 2 heterocycles. The quantitative estimate of drug-likeness (QED) is 0.838. The van der Waals surface area contributed by atoms with Crippen molar-refractivity contribution < 1.29 is 0 Å². The van der Waals surface area contributed by atoms with Gasteiger partial charge in [0.05, 0.1) is 5.69 Å². The molecular formula is C13H23N5.